The van der Waals surface area contributed by atoms with Crippen molar-refractivity contribution in [2.75, 3.05) is 7.05 Å². The van der Waals surface area contributed by atoms with E-state index >= 15 is 0 Å². The molecule has 15 heavy (non-hydrogen) atoms. The van der Waals surface area contributed by atoms with Gasteiger partial charge in [0.25, 0.3) is 0 Å². The molecule has 3 nitrogen and oxygen atoms in total. The van der Waals surface area contributed by atoms with Crippen molar-refractivity contribution in [1.82, 2.24) is 15.3 Å². The molecule has 0 aliphatic heterocycles. The van der Waals surface area contributed by atoms with Gasteiger partial charge in [0, 0.05) is 29.9 Å². The number of aromatic nitrogens is 2. The average molecular weight is 219 g/mol. The van der Waals surface area contributed by atoms with E-state index in [2.05, 4.69) is 27.6 Å². The summed E-state index contributed by atoms with van der Waals surface area (Å²) in [6.45, 7) is 2.88. The number of hydrogen-bond acceptors (Lipinski definition) is 4. The summed E-state index contributed by atoms with van der Waals surface area (Å²) in [5.74, 6) is 0. The lowest BCUT2D eigenvalue weighted by Gasteiger charge is -1.99. The van der Waals surface area contributed by atoms with Crippen LogP contribution >= 0.6 is 11.3 Å². The highest BCUT2D eigenvalue weighted by Crippen LogP contribution is 2.25. The first-order chi connectivity index (χ1) is 7.31. The monoisotopic (exact) mass is 219 g/mol. The third-order valence-corrected chi connectivity index (χ3v) is 3.08. The van der Waals surface area contributed by atoms with E-state index in [0.29, 0.717) is 0 Å². The smallest absolute Gasteiger partial charge is 0.124 e. The van der Waals surface area contributed by atoms with Gasteiger partial charge < -0.3 is 5.32 Å². The first-order valence-corrected chi connectivity index (χ1v) is 5.69. The summed E-state index contributed by atoms with van der Waals surface area (Å²) in [5.41, 5.74) is 3.44. The van der Waals surface area contributed by atoms with E-state index in [-0.39, 0.29) is 0 Å². The molecule has 2 aromatic heterocycles. The standard InChI is InChI=1S/C11H13N3S/c1-8-5-13-4-3-10(8)11-14-9(6-12-2)7-15-11/h3-5,7,12H,6H2,1-2H3. The predicted molar refractivity (Wildman–Crippen MR) is 62.8 cm³/mol. The summed E-state index contributed by atoms with van der Waals surface area (Å²) in [5, 5.41) is 6.25. The fourth-order valence-electron chi connectivity index (χ4n) is 1.41. The first-order valence-electron chi connectivity index (χ1n) is 4.81. The number of nitrogens with zero attached hydrogens (tertiary/aromatic N) is 2. The molecule has 0 saturated carbocycles. The van der Waals surface area contributed by atoms with Crippen LogP contribution in [0.5, 0.6) is 0 Å². The van der Waals surface area contributed by atoms with Crippen LogP contribution in [0.1, 0.15) is 11.3 Å². The minimum Gasteiger partial charge on any atom is -0.314 e. The van der Waals surface area contributed by atoms with Gasteiger partial charge in [-0.15, -0.1) is 11.3 Å². The van der Waals surface area contributed by atoms with Gasteiger partial charge in [-0.3, -0.25) is 4.98 Å². The third-order valence-electron chi connectivity index (χ3n) is 2.16. The van der Waals surface area contributed by atoms with Crippen LogP contribution in [0.4, 0.5) is 0 Å². The van der Waals surface area contributed by atoms with Gasteiger partial charge >= 0.3 is 0 Å². The molecular formula is C11H13N3S. The second-order valence-electron chi connectivity index (χ2n) is 3.36. The SMILES string of the molecule is CNCc1csc(-c2ccncc2C)n1. The highest BCUT2D eigenvalue weighted by molar-refractivity contribution is 7.13. The van der Waals surface area contributed by atoms with E-state index < -0.39 is 0 Å². The maximum absolute atomic E-state index is 4.56. The highest BCUT2D eigenvalue weighted by Gasteiger charge is 2.06. The topological polar surface area (TPSA) is 37.8 Å². The summed E-state index contributed by atoms with van der Waals surface area (Å²) in [6.07, 6.45) is 3.68. The largest absolute Gasteiger partial charge is 0.314 e. The maximum atomic E-state index is 4.56. The molecule has 78 valence electrons. The van der Waals surface area contributed by atoms with Crippen LogP contribution in [0.3, 0.4) is 0 Å². The van der Waals surface area contributed by atoms with Crippen LogP contribution in [0.25, 0.3) is 10.6 Å². The molecule has 0 aliphatic rings. The second-order valence-corrected chi connectivity index (χ2v) is 4.22. The number of pyridine rings is 1. The molecule has 2 aromatic rings. The molecule has 0 unspecified atom stereocenters. The molecule has 0 saturated heterocycles. The van der Waals surface area contributed by atoms with Crippen molar-refractivity contribution in [1.29, 1.82) is 0 Å². The van der Waals surface area contributed by atoms with Crippen LogP contribution in [0, 0.1) is 6.92 Å². The van der Waals surface area contributed by atoms with E-state index in [9.17, 15) is 0 Å². The molecule has 0 amide bonds. The molecule has 0 bridgehead atoms. The molecule has 0 aliphatic carbocycles. The van der Waals surface area contributed by atoms with Crippen molar-refractivity contribution in [3.63, 3.8) is 0 Å². The van der Waals surface area contributed by atoms with Crippen molar-refractivity contribution >= 4 is 11.3 Å². The number of thiazole rings is 1. The van der Waals surface area contributed by atoms with Crippen LogP contribution in [0.2, 0.25) is 0 Å². The molecule has 2 heterocycles. The van der Waals surface area contributed by atoms with Crippen molar-refractivity contribution in [3.05, 3.63) is 35.1 Å². The van der Waals surface area contributed by atoms with E-state index in [1.165, 1.54) is 11.1 Å². The quantitative estimate of drug-likeness (QED) is 0.860. The second kappa shape index (κ2) is 4.51. The fraction of sp³-hybridized carbons (Fsp3) is 0.273. The summed E-state index contributed by atoms with van der Waals surface area (Å²) in [4.78, 5) is 8.64. The molecule has 0 fully saturated rings. The average Bonchev–Trinajstić information content (AvgIpc) is 2.68. The van der Waals surface area contributed by atoms with E-state index in [1.807, 2.05) is 25.5 Å². The Labute approximate surface area is 93.2 Å². The molecule has 1 N–H and O–H groups in total. The number of rotatable bonds is 3. The van der Waals surface area contributed by atoms with Crippen LogP contribution < -0.4 is 5.32 Å². The first kappa shape index (κ1) is 10.3. The van der Waals surface area contributed by atoms with E-state index in [0.717, 1.165) is 17.2 Å². The highest BCUT2D eigenvalue weighted by atomic mass is 32.1. The number of aryl methyl sites for hydroxylation is 1. The Morgan fingerprint density at radius 1 is 1.47 bits per heavy atom. The zero-order valence-electron chi connectivity index (χ0n) is 8.82. The minimum absolute atomic E-state index is 0.820. The summed E-state index contributed by atoms with van der Waals surface area (Å²) in [7, 11) is 1.93. The number of nitrogens with one attached hydrogen (secondary N) is 1. The number of hydrogen-bond donors (Lipinski definition) is 1. The molecule has 0 atom stereocenters. The predicted octanol–water partition coefficient (Wildman–Crippen LogP) is 2.23. The van der Waals surface area contributed by atoms with E-state index in [4.69, 9.17) is 0 Å². The lowest BCUT2D eigenvalue weighted by Crippen LogP contribution is -2.04. The zero-order chi connectivity index (χ0) is 10.7. The minimum atomic E-state index is 0.820. The summed E-state index contributed by atoms with van der Waals surface area (Å²) in [6, 6.07) is 2.01. The Bertz CT molecular complexity index is 451. The lowest BCUT2D eigenvalue weighted by atomic mass is 10.2. The van der Waals surface area contributed by atoms with Gasteiger partial charge in [0.2, 0.25) is 0 Å². The van der Waals surface area contributed by atoms with Crippen molar-refractivity contribution in [2.45, 2.75) is 13.5 Å². The van der Waals surface area contributed by atoms with Crippen molar-refractivity contribution < 1.29 is 0 Å². The lowest BCUT2D eigenvalue weighted by molar-refractivity contribution is 0.798. The Balaban J connectivity index is 2.33. The maximum Gasteiger partial charge on any atom is 0.124 e. The fourth-order valence-corrected chi connectivity index (χ4v) is 2.32. The Hall–Kier alpha value is -1.26. The third kappa shape index (κ3) is 2.22. The van der Waals surface area contributed by atoms with Gasteiger partial charge in [-0.25, -0.2) is 4.98 Å². The van der Waals surface area contributed by atoms with E-state index in [1.54, 1.807) is 11.3 Å². The molecule has 4 heteroatoms. The van der Waals surface area contributed by atoms with Gasteiger partial charge in [-0.2, -0.15) is 0 Å². The van der Waals surface area contributed by atoms with Gasteiger partial charge in [0.15, 0.2) is 0 Å². The Kier molecular flexibility index (Phi) is 3.08. The molecule has 0 aromatic carbocycles. The van der Waals surface area contributed by atoms with Crippen molar-refractivity contribution in [2.24, 2.45) is 0 Å². The van der Waals surface area contributed by atoms with Gasteiger partial charge in [-0.05, 0) is 25.6 Å². The van der Waals surface area contributed by atoms with Gasteiger partial charge in [0.05, 0.1) is 5.69 Å². The Morgan fingerprint density at radius 3 is 3.07 bits per heavy atom. The molecule has 0 spiro atoms. The summed E-state index contributed by atoms with van der Waals surface area (Å²) >= 11 is 1.68. The van der Waals surface area contributed by atoms with Crippen LogP contribution in [-0.4, -0.2) is 17.0 Å². The summed E-state index contributed by atoms with van der Waals surface area (Å²) < 4.78 is 0. The van der Waals surface area contributed by atoms with Crippen LogP contribution in [-0.2, 0) is 6.54 Å². The zero-order valence-corrected chi connectivity index (χ0v) is 9.64. The Morgan fingerprint density at radius 2 is 2.33 bits per heavy atom. The van der Waals surface area contributed by atoms with Crippen LogP contribution in [0.15, 0.2) is 23.8 Å². The molecule has 2 rings (SSSR count). The normalized spacial score (nSPS) is 10.5. The molecule has 0 radical (unpaired) electrons. The van der Waals surface area contributed by atoms with Crippen molar-refractivity contribution in [3.8, 4) is 10.6 Å². The molecular weight excluding hydrogens is 206 g/mol. The van der Waals surface area contributed by atoms with Gasteiger partial charge in [-0.1, -0.05) is 0 Å². The van der Waals surface area contributed by atoms with Gasteiger partial charge in [0.1, 0.15) is 5.01 Å².